The molecule has 1 fully saturated rings. The molecule has 3 nitrogen and oxygen atoms in total. The highest BCUT2D eigenvalue weighted by molar-refractivity contribution is 5.93. The molecule has 2 N–H and O–H groups in total. The van der Waals surface area contributed by atoms with Gasteiger partial charge in [-0.1, -0.05) is 55.5 Å². The van der Waals surface area contributed by atoms with E-state index in [-0.39, 0.29) is 24.2 Å². The monoisotopic (exact) mass is 372 g/mol. The van der Waals surface area contributed by atoms with Gasteiger partial charge in [0.15, 0.2) is 0 Å². The highest BCUT2D eigenvalue weighted by atomic mass is 35.5. The van der Waals surface area contributed by atoms with Crippen molar-refractivity contribution in [2.24, 2.45) is 5.92 Å². The highest BCUT2D eigenvalue weighted by Gasteiger charge is 2.27. The lowest BCUT2D eigenvalue weighted by Gasteiger charge is -2.28. The van der Waals surface area contributed by atoms with E-state index in [4.69, 9.17) is 0 Å². The van der Waals surface area contributed by atoms with Gasteiger partial charge in [-0.3, -0.25) is 4.79 Å². The number of halogens is 1. The van der Waals surface area contributed by atoms with Gasteiger partial charge in [0, 0.05) is 18.2 Å². The van der Waals surface area contributed by atoms with Crippen molar-refractivity contribution in [2.75, 3.05) is 11.9 Å². The van der Waals surface area contributed by atoms with E-state index >= 15 is 0 Å². The molecule has 0 atom stereocenters. The Morgan fingerprint density at radius 3 is 2.31 bits per heavy atom. The summed E-state index contributed by atoms with van der Waals surface area (Å²) in [4.78, 5) is 12.7. The van der Waals surface area contributed by atoms with E-state index in [9.17, 15) is 4.79 Å². The molecule has 1 aliphatic carbocycles. The Morgan fingerprint density at radius 1 is 0.962 bits per heavy atom. The van der Waals surface area contributed by atoms with Crippen LogP contribution in [0.15, 0.2) is 54.6 Å². The lowest BCUT2D eigenvalue weighted by Crippen LogP contribution is -2.27. The minimum atomic E-state index is 0. The maximum Gasteiger partial charge on any atom is 0.227 e. The van der Waals surface area contributed by atoms with E-state index in [1.54, 1.807) is 0 Å². The molecule has 2 aromatic rings. The zero-order valence-electron chi connectivity index (χ0n) is 15.4. The second-order valence-corrected chi connectivity index (χ2v) is 6.89. The Bertz CT molecular complexity index is 682. The van der Waals surface area contributed by atoms with Crippen LogP contribution in [0.1, 0.15) is 49.7 Å². The number of carbonyl (C=O) groups is 1. The van der Waals surface area contributed by atoms with E-state index in [2.05, 4.69) is 54.0 Å². The number of benzene rings is 2. The van der Waals surface area contributed by atoms with Gasteiger partial charge in [0.1, 0.15) is 0 Å². The first kappa shape index (κ1) is 20.5. The Balaban J connectivity index is 0.00000243. The van der Waals surface area contributed by atoms with Gasteiger partial charge in [-0.15, -0.1) is 12.4 Å². The molecule has 1 amide bonds. The molecule has 0 radical (unpaired) electrons. The predicted octanol–water partition coefficient (Wildman–Crippen LogP) is 5.13. The highest BCUT2D eigenvalue weighted by Crippen LogP contribution is 2.36. The number of para-hydroxylation sites is 1. The molecule has 0 aliphatic heterocycles. The van der Waals surface area contributed by atoms with Crippen LogP contribution in [0.4, 0.5) is 5.69 Å². The van der Waals surface area contributed by atoms with E-state index < -0.39 is 0 Å². The SMILES string of the molecule is CCNCc1ccccc1NC(=O)C1CCC(c2ccccc2)CC1.Cl. The summed E-state index contributed by atoms with van der Waals surface area (Å²) in [6, 6.07) is 18.8. The average molecular weight is 373 g/mol. The Labute approximate surface area is 163 Å². The topological polar surface area (TPSA) is 41.1 Å². The number of nitrogens with one attached hydrogen (secondary N) is 2. The normalized spacial score (nSPS) is 19.4. The number of amides is 1. The van der Waals surface area contributed by atoms with Crippen molar-refractivity contribution < 1.29 is 4.79 Å². The standard InChI is InChI=1S/C22H28N2O.ClH/c1-2-23-16-20-10-6-7-11-21(20)24-22(25)19-14-12-18(13-15-19)17-8-4-3-5-9-17;/h3-11,18-19,23H,2,12-16H2,1H3,(H,24,25);1H. The first-order valence-corrected chi connectivity index (χ1v) is 9.42. The number of anilines is 1. The average Bonchev–Trinajstić information content (AvgIpc) is 2.68. The van der Waals surface area contributed by atoms with Crippen LogP contribution in [0.3, 0.4) is 0 Å². The van der Waals surface area contributed by atoms with Crippen LogP contribution < -0.4 is 10.6 Å². The van der Waals surface area contributed by atoms with Gasteiger partial charge in [0.2, 0.25) is 5.91 Å². The second kappa shape index (κ2) is 10.3. The molecule has 26 heavy (non-hydrogen) atoms. The largest absolute Gasteiger partial charge is 0.326 e. The molecular formula is C22H29ClN2O. The summed E-state index contributed by atoms with van der Waals surface area (Å²) in [6.07, 6.45) is 4.14. The van der Waals surface area contributed by atoms with Gasteiger partial charge in [0.25, 0.3) is 0 Å². The molecule has 4 heteroatoms. The third-order valence-electron chi connectivity index (χ3n) is 5.21. The van der Waals surface area contributed by atoms with Crippen LogP contribution in [-0.2, 0) is 11.3 Å². The lowest BCUT2D eigenvalue weighted by atomic mass is 9.78. The lowest BCUT2D eigenvalue weighted by molar-refractivity contribution is -0.120. The summed E-state index contributed by atoms with van der Waals surface area (Å²) in [7, 11) is 0. The maximum absolute atomic E-state index is 12.7. The van der Waals surface area contributed by atoms with Crippen LogP contribution in [0.2, 0.25) is 0 Å². The van der Waals surface area contributed by atoms with Gasteiger partial charge in [-0.25, -0.2) is 0 Å². The molecule has 0 aromatic heterocycles. The molecule has 0 spiro atoms. The Morgan fingerprint density at radius 2 is 1.62 bits per heavy atom. The molecule has 0 unspecified atom stereocenters. The van der Waals surface area contributed by atoms with Crippen molar-refractivity contribution >= 4 is 24.0 Å². The molecular weight excluding hydrogens is 344 g/mol. The molecule has 0 bridgehead atoms. The Hall–Kier alpha value is -1.84. The van der Waals surface area contributed by atoms with Crippen LogP contribution in [0.25, 0.3) is 0 Å². The second-order valence-electron chi connectivity index (χ2n) is 6.89. The van der Waals surface area contributed by atoms with E-state index in [1.165, 1.54) is 5.56 Å². The smallest absolute Gasteiger partial charge is 0.227 e. The first-order chi connectivity index (χ1) is 12.3. The van der Waals surface area contributed by atoms with Gasteiger partial charge in [-0.2, -0.15) is 0 Å². The van der Waals surface area contributed by atoms with Crippen LogP contribution in [0.5, 0.6) is 0 Å². The number of hydrogen-bond donors (Lipinski definition) is 2. The van der Waals surface area contributed by atoms with Crippen LogP contribution in [-0.4, -0.2) is 12.5 Å². The third-order valence-corrected chi connectivity index (χ3v) is 5.21. The van der Waals surface area contributed by atoms with Crippen LogP contribution in [0, 0.1) is 5.92 Å². The van der Waals surface area contributed by atoms with Gasteiger partial charge in [0.05, 0.1) is 0 Å². The van der Waals surface area contributed by atoms with Crippen molar-refractivity contribution in [3.63, 3.8) is 0 Å². The molecule has 140 valence electrons. The van der Waals surface area contributed by atoms with Gasteiger partial charge >= 0.3 is 0 Å². The van der Waals surface area contributed by atoms with Crippen LogP contribution >= 0.6 is 12.4 Å². The number of carbonyl (C=O) groups excluding carboxylic acids is 1. The summed E-state index contributed by atoms with van der Waals surface area (Å²) in [5.41, 5.74) is 3.51. The molecule has 3 rings (SSSR count). The summed E-state index contributed by atoms with van der Waals surface area (Å²) >= 11 is 0. The van der Waals surface area contributed by atoms with Crippen molar-refractivity contribution in [2.45, 2.75) is 45.1 Å². The fourth-order valence-corrected chi connectivity index (χ4v) is 3.71. The summed E-state index contributed by atoms with van der Waals surface area (Å²) < 4.78 is 0. The number of rotatable bonds is 6. The fraction of sp³-hybridized carbons (Fsp3) is 0.409. The van der Waals surface area contributed by atoms with E-state index in [0.717, 1.165) is 50.0 Å². The molecule has 2 aromatic carbocycles. The van der Waals surface area contributed by atoms with E-state index in [1.807, 2.05) is 18.2 Å². The molecule has 0 heterocycles. The number of hydrogen-bond acceptors (Lipinski definition) is 2. The van der Waals surface area contributed by atoms with Crippen molar-refractivity contribution in [1.29, 1.82) is 0 Å². The zero-order valence-corrected chi connectivity index (χ0v) is 16.2. The van der Waals surface area contributed by atoms with Gasteiger partial charge < -0.3 is 10.6 Å². The molecule has 0 saturated heterocycles. The minimum Gasteiger partial charge on any atom is -0.326 e. The van der Waals surface area contributed by atoms with Crippen molar-refractivity contribution in [3.8, 4) is 0 Å². The first-order valence-electron chi connectivity index (χ1n) is 9.42. The predicted molar refractivity (Wildman–Crippen MR) is 111 cm³/mol. The van der Waals surface area contributed by atoms with Crippen molar-refractivity contribution in [3.05, 3.63) is 65.7 Å². The Kier molecular flexibility index (Phi) is 8.14. The molecule has 1 saturated carbocycles. The van der Waals surface area contributed by atoms with E-state index in [0.29, 0.717) is 5.92 Å². The van der Waals surface area contributed by atoms with Gasteiger partial charge in [-0.05, 0) is 55.3 Å². The molecule has 1 aliphatic rings. The zero-order chi connectivity index (χ0) is 17.5. The fourth-order valence-electron chi connectivity index (χ4n) is 3.71. The summed E-state index contributed by atoms with van der Waals surface area (Å²) in [5, 5.41) is 6.50. The summed E-state index contributed by atoms with van der Waals surface area (Å²) in [5.74, 6) is 0.911. The van der Waals surface area contributed by atoms with Crippen molar-refractivity contribution in [1.82, 2.24) is 5.32 Å². The minimum absolute atomic E-state index is 0. The summed E-state index contributed by atoms with van der Waals surface area (Å²) in [6.45, 7) is 3.80. The quantitative estimate of drug-likeness (QED) is 0.737. The third kappa shape index (κ3) is 5.33. The maximum atomic E-state index is 12.7.